The maximum Gasteiger partial charge on any atom is 0.333 e. The van der Waals surface area contributed by atoms with Crippen molar-refractivity contribution in [2.45, 2.75) is 12.6 Å². The molecule has 3 rings (SSSR count). The molecule has 1 N–H and O–H groups in total. The fraction of sp³-hybridized carbons (Fsp3) is 0.235. The summed E-state index contributed by atoms with van der Waals surface area (Å²) in [5.41, 5.74) is 0.470. The van der Waals surface area contributed by atoms with Crippen LogP contribution in [0.3, 0.4) is 0 Å². The SMILES string of the molecule is COc1cccc([C@H](NC(=O)c2ccnn2C(F)F)c2nccn2C)c1. The van der Waals surface area contributed by atoms with Crippen molar-refractivity contribution in [3.8, 4) is 5.75 Å². The van der Waals surface area contributed by atoms with E-state index in [0.29, 0.717) is 21.8 Å². The van der Waals surface area contributed by atoms with E-state index in [4.69, 9.17) is 4.74 Å². The third-order valence-electron chi connectivity index (χ3n) is 3.91. The molecular weight excluding hydrogens is 344 g/mol. The lowest BCUT2D eigenvalue weighted by atomic mass is 10.1. The zero-order valence-corrected chi connectivity index (χ0v) is 14.1. The van der Waals surface area contributed by atoms with Gasteiger partial charge in [0.25, 0.3) is 5.91 Å². The van der Waals surface area contributed by atoms with Crippen molar-refractivity contribution in [1.82, 2.24) is 24.6 Å². The van der Waals surface area contributed by atoms with E-state index in [2.05, 4.69) is 15.4 Å². The van der Waals surface area contributed by atoms with Gasteiger partial charge in [-0.3, -0.25) is 4.79 Å². The molecule has 0 bridgehead atoms. The summed E-state index contributed by atoms with van der Waals surface area (Å²) in [6, 6.07) is 7.68. The van der Waals surface area contributed by atoms with E-state index in [1.54, 1.807) is 48.3 Å². The quantitative estimate of drug-likeness (QED) is 0.732. The Morgan fingerprint density at radius 1 is 1.27 bits per heavy atom. The van der Waals surface area contributed by atoms with Gasteiger partial charge < -0.3 is 14.6 Å². The van der Waals surface area contributed by atoms with Gasteiger partial charge in [-0.15, -0.1) is 0 Å². The van der Waals surface area contributed by atoms with Crippen LogP contribution in [-0.2, 0) is 7.05 Å². The van der Waals surface area contributed by atoms with Gasteiger partial charge in [-0.1, -0.05) is 12.1 Å². The summed E-state index contributed by atoms with van der Waals surface area (Å²) in [7, 11) is 3.32. The van der Waals surface area contributed by atoms with Crippen LogP contribution >= 0.6 is 0 Å². The topological polar surface area (TPSA) is 74.0 Å². The van der Waals surface area contributed by atoms with Gasteiger partial charge in [0.05, 0.1) is 7.11 Å². The number of amides is 1. The van der Waals surface area contributed by atoms with Crippen molar-refractivity contribution in [3.05, 3.63) is 66.0 Å². The molecule has 26 heavy (non-hydrogen) atoms. The highest BCUT2D eigenvalue weighted by atomic mass is 19.3. The zero-order valence-electron chi connectivity index (χ0n) is 14.1. The molecule has 0 fully saturated rings. The lowest BCUT2D eigenvalue weighted by Crippen LogP contribution is -2.32. The molecule has 1 amide bonds. The van der Waals surface area contributed by atoms with Gasteiger partial charge in [-0.05, 0) is 23.8 Å². The van der Waals surface area contributed by atoms with Gasteiger partial charge in [0.1, 0.15) is 23.3 Å². The highest BCUT2D eigenvalue weighted by molar-refractivity contribution is 5.93. The summed E-state index contributed by atoms with van der Waals surface area (Å²) in [6.45, 7) is -2.91. The molecule has 1 aromatic carbocycles. The largest absolute Gasteiger partial charge is 0.497 e. The van der Waals surface area contributed by atoms with Crippen LogP contribution in [0.1, 0.15) is 34.5 Å². The molecule has 7 nitrogen and oxygen atoms in total. The Morgan fingerprint density at radius 2 is 2.08 bits per heavy atom. The second-order valence-corrected chi connectivity index (χ2v) is 5.52. The number of carbonyl (C=O) groups excluding carboxylic acids is 1. The molecule has 3 aromatic rings. The summed E-state index contributed by atoms with van der Waals surface area (Å²) in [5.74, 6) is 0.474. The lowest BCUT2D eigenvalue weighted by molar-refractivity contribution is 0.0507. The molecule has 0 unspecified atom stereocenters. The summed E-state index contributed by atoms with van der Waals surface area (Å²) in [4.78, 5) is 16.9. The summed E-state index contributed by atoms with van der Waals surface area (Å²) in [5, 5.41) is 6.24. The average molecular weight is 361 g/mol. The molecule has 0 saturated carbocycles. The van der Waals surface area contributed by atoms with Crippen LogP contribution in [0.5, 0.6) is 5.75 Å². The molecule has 0 aliphatic rings. The molecule has 2 heterocycles. The van der Waals surface area contributed by atoms with Crippen LogP contribution in [0.4, 0.5) is 8.78 Å². The van der Waals surface area contributed by atoms with Crippen LogP contribution in [0.2, 0.25) is 0 Å². The summed E-state index contributed by atoms with van der Waals surface area (Å²) < 4.78 is 33.4. The minimum absolute atomic E-state index is 0.234. The normalized spacial score (nSPS) is 12.2. The zero-order chi connectivity index (χ0) is 18.7. The number of aromatic nitrogens is 4. The Labute approximate surface area is 148 Å². The van der Waals surface area contributed by atoms with Crippen LogP contribution in [0, 0.1) is 0 Å². The van der Waals surface area contributed by atoms with Gasteiger partial charge in [0.15, 0.2) is 0 Å². The Kier molecular flexibility index (Phi) is 4.97. The first-order valence-electron chi connectivity index (χ1n) is 7.75. The predicted octanol–water partition coefficient (Wildman–Crippen LogP) is 2.54. The van der Waals surface area contributed by atoms with Crippen LogP contribution < -0.4 is 10.1 Å². The lowest BCUT2D eigenvalue weighted by Gasteiger charge is -2.20. The fourth-order valence-corrected chi connectivity index (χ4v) is 2.63. The van der Waals surface area contributed by atoms with Gasteiger partial charge in [-0.2, -0.15) is 18.6 Å². The second kappa shape index (κ2) is 7.34. The minimum Gasteiger partial charge on any atom is -0.497 e. The van der Waals surface area contributed by atoms with Crippen molar-refractivity contribution >= 4 is 5.91 Å². The Morgan fingerprint density at radius 3 is 2.73 bits per heavy atom. The van der Waals surface area contributed by atoms with E-state index in [0.717, 1.165) is 6.20 Å². The van der Waals surface area contributed by atoms with Crippen molar-refractivity contribution in [2.24, 2.45) is 7.05 Å². The molecular formula is C17H17F2N5O2. The predicted molar refractivity (Wildman–Crippen MR) is 89.0 cm³/mol. The van der Waals surface area contributed by atoms with E-state index in [1.165, 1.54) is 13.2 Å². The highest BCUT2D eigenvalue weighted by Crippen LogP contribution is 2.25. The summed E-state index contributed by atoms with van der Waals surface area (Å²) >= 11 is 0. The number of carbonyl (C=O) groups is 1. The maximum absolute atomic E-state index is 13.0. The average Bonchev–Trinajstić information content (AvgIpc) is 3.28. The van der Waals surface area contributed by atoms with Gasteiger partial charge in [0, 0.05) is 25.6 Å². The van der Waals surface area contributed by atoms with Crippen molar-refractivity contribution in [2.75, 3.05) is 7.11 Å². The van der Waals surface area contributed by atoms with E-state index >= 15 is 0 Å². The number of alkyl halides is 2. The first-order valence-corrected chi connectivity index (χ1v) is 7.75. The van der Waals surface area contributed by atoms with E-state index in [-0.39, 0.29) is 5.69 Å². The van der Waals surface area contributed by atoms with Gasteiger partial charge in [-0.25, -0.2) is 4.98 Å². The van der Waals surface area contributed by atoms with Crippen LogP contribution in [-0.4, -0.2) is 32.3 Å². The maximum atomic E-state index is 13.0. The minimum atomic E-state index is -2.91. The molecule has 9 heteroatoms. The first kappa shape index (κ1) is 17.6. The van der Waals surface area contributed by atoms with Gasteiger partial charge >= 0.3 is 6.55 Å². The monoisotopic (exact) mass is 361 g/mol. The smallest absolute Gasteiger partial charge is 0.333 e. The Bertz CT molecular complexity index is 906. The van der Waals surface area contributed by atoms with E-state index in [9.17, 15) is 13.6 Å². The van der Waals surface area contributed by atoms with E-state index < -0.39 is 18.5 Å². The highest BCUT2D eigenvalue weighted by Gasteiger charge is 2.25. The standard InChI is InChI=1S/C17H17F2N5O2/c1-23-9-8-20-15(23)14(11-4-3-5-12(10-11)26-2)22-16(25)13-6-7-21-24(13)17(18)19/h3-10,14,17H,1-2H3,(H,22,25)/t14-/m0/s1. The number of methoxy groups -OCH3 is 1. The molecule has 0 spiro atoms. The summed E-state index contributed by atoms with van der Waals surface area (Å²) in [6.07, 6.45) is 4.48. The molecule has 1 atom stereocenters. The first-order chi connectivity index (χ1) is 12.5. The molecule has 0 aliphatic carbocycles. The number of nitrogens with zero attached hydrogens (tertiary/aromatic N) is 4. The molecule has 0 saturated heterocycles. The number of aryl methyl sites for hydroxylation is 1. The number of nitrogens with one attached hydrogen (secondary N) is 1. The molecule has 2 aromatic heterocycles. The number of hydrogen-bond acceptors (Lipinski definition) is 4. The number of imidazole rings is 1. The van der Waals surface area contributed by atoms with Crippen molar-refractivity contribution < 1.29 is 18.3 Å². The third kappa shape index (κ3) is 3.41. The second-order valence-electron chi connectivity index (χ2n) is 5.52. The number of benzene rings is 1. The Balaban J connectivity index is 1.97. The van der Waals surface area contributed by atoms with Crippen LogP contribution in [0.15, 0.2) is 48.9 Å². The Hall–Kier alpha value is -3.23. The van der Waals surface area contributed by atoms with E-state index in [1.807, 2.05) is 0 Å². The molecule has 0 radical (unpaired) electrons. The van der Waals surface area contributed by atoms with Crippen LogP contribution in [0.25, 0.3) is 0 Å². The van der Waals surface area contributed by atoms with Crippen molar-refractivity contribution in [3.63, 3.8) is 0 Å². The number of hydrogen-bond donors (Lipinski definition) is 1. The number of rotatable bonds is 6. The molecule has 0 aliphatic heterocycles. The van der Waals surface area contributed by atoms with Crippen molar-refractivity contribution in [1.29, 1.82) is 0 Å². The number of halogens is 2. The fourth-order valence-electron chi connectivity index (χ4n) is 2.63. The third-order valence-corrected chi connectivity index (χ3v) is 3.91. The molecule has 136 valence electrons. The van der Waals surface area contributed by atoms with Gasteiger partial charge in [0.2, 0.25) is 0 Å². The number of ether oxygens (including phenoxy) is 1.